The molecule has 6 heteroatoms. The van der Waals surface area contributed by atoms with Crippen molar-refractivity contribution in [1.29, 1.82) is 0 Å². The summed E-state index contributed by atoms with van der Waals surface area (Å²) < 4.78 is 21.8. The van der Waals surface area contributed by atoms with Gasteiger partial charge in [-0.15, -0.1) is 0 Å². The van der Waals surface area contributed by atoms with Crippen LogP contribution in [0.2, 0.25) is 0 Å². The summed E-state index contributed by atoms with van der Waals surface area (Å²) in [5.74, 6) is 0.585. The molecule has 26 heavy (non-hydrogen) atoms. The number of rotatable bonds is 5. The molecule has 0 saturated carbocycles. The number of aryl methyl sites for hydroxylation is 2. The van der Waals surface area contributed by atoms with Crippen molar-refractivity contribution in [2.45, 2.75) is 27.7 Å². The Bertz CT molecular complexity index is 782. The van der Waals surface area contributed by atoms with E-state index in [1.54, 1.807) is 24.3 Å². The van der Waals surface area contributed by atoms with Gasteiger partial charge < -0.3 is 18.9 Å². The lowest BCUT2D eigenvalue weighted by molar-refractivity contribution is -0.132. The van der Waals surface area contributed by atoms with Crippen molar-refractivity contribution in [1.82, 2.24) is 0 Å². The smallest absolute Gasteiger partial charge is 0.308 e. The minimum atomic E-state index is -0.473. The van der Waals surface area contributed by atoms with E-state index in [1.807, 2.05) is 13.8 Å². The first-order valence-corrected chi connectivity index (χ1v) is 8.01. The van der Waals surface area contributed by atoms with Crippen LogP contribution in [0.25, 0.3) is 11.1 Å². The Hall–Kier alpha value is -3.02. The van der Waals surface area contributed by atoms with Crippen LogP contribution in [0.15, 0.2) is 24.3 Å². The molecular formula is C20H22O6. The first-order chi connectivity index (χ1) is 12.3. The van der Waals surface area contributed by atoms with Gasteiger partial charge in [-0.2, -0.15) is 0 Å². The van der Waals surface area contributed by atoms with Crippen LogP contribution in [-0.4, -0.2) is 26.2 Å². The normalized spacial score (nSPS) is 10.2. The predicted octanol–water partition coefficient (Wildman–Crippen LogP) is 3.84. The quantitative estimate of drug-likeness (QED) is 0.597. The number of hydrogen-bond acceptors (Lipinski definition) is 6. The second-order valence-corrected chi connectivity index (χ2v) is 5.87. The Morgan fingerprint density at radius 3 is 1.23 bits per heavy atom. The highest BCUT2D eigenvalue weighted by molar-refractivity contribution is 5.89. The van der Waals surface area contributed by atoms with Gasteiger partial charge in [-0.05, 0) is 49.2 Å². The maximum Gasteiger partial charge on any atom is 0.308 e. The van der Waals surface area contributed by atoms with Crippen molar-refractivity contribution in [3.8, 4) is 34.1 Å². The van der Waals surface area contributed by atoms with Gasteiger partial charge in [0, 0.05) is 13.8 Å². The molecule has 0 unspecified atom stereocenters. The fraction of sp³-hybridized carbons (Fsp3) is 0.300. The monoisotopic (exact) mass is 358 g/mol. The minimum absolute atomic E-state index is 0.296. The van der Waals surface area contributed by atoms with Crippen LogP contribution >= 0.6 is 0 Å². The molecule has 2 aromatic carbocycles. The average molecular weight is 358 g/mol. The Kier molecular flexibility index (Phi) is 5.87. The molecule has 0 amide bonds. The fourth-order valence-electron chi connectivity index (χ4n) is 2.73. The SMILES string of the molecule is COc1cc(C)cc(OC(C)=O)c1-c1c(OC)cc(C)cc1OC(C)=O. The third-order valence-electron chi connectivity index (χ3n) is 3.62. The van der Waals surface area contributed by atoms with Crippen LogP contribution < -0.4 is 18.9 Å². The van der Waals surface area contributed by atoms with Gasteiger partial charge in [0.15, 0.2) is 0 Å². The van der Waals surface area contributed by atoms with Gasteiger partial charge >= 0.3 is 11.9 Å². The maximum absolute atomic E-state index is 11.6. The lowest BCUT2D eigenvalue weighted by Gasteiger charge is -2.20. The molecule has 0 radical (unpaired) electrons. The van der Waals surface area contributed by atoms with Crippen molar-refractivity contribution in [2.24, 2.45) is 0 Å². The van der Waals surface area contributed by atoms with Crippen molar-refractivity contribution in [2.75, 3.05) is 14.2 Å². The average Bonchev–Trinajstić information content (AvgIpc) is 2.53. The Morgan fingerprint density at radius 2 is 0.962 bits per heavy atom. The number of ether oxygens (including phenoxy) is 4. The van der Waals surface area contributed by atoms with Crippen LogP contribution in [0.3, 0.4) is 0 Å². The molecule has 0 aliphatic heterocycles. The van der Waals surface area contributed by atoms with E-state index in [0.29, 0.717) is 34.1 Å². The number of benzene rings is 2. The lowest BCUT2D eigenvalue weighted by atomic mass is 9.98. The molecule has 0 spiro atoms. The second kappa shape index (κ2) is 7.91. The zero-order chi connectivity index (χ0) is 19.4. The molecule has 0 atom stereocenters. The number of esters is 2. The summed E-state index contributed by atoms with van der Waals surface area (Å²) in [7, 11) is 3.03. The number of carbonyl (C=O) groups excluding carboxylic acids is 2. The highest BCUT2D eigenvalue weighted by atomic mass is 16.5. The largest absolute Gasteiger partial charge is 0.496 e. The van der Waals surface area contributed by atoms with E-state index in [4.69, 9.17) is 18.9 Å². The lowest BCUT2D eigenvalue weighted by Crippen LogP contribution is -2.07. The molecule has 0 heterocycles. The van der Waals surface area contributed by atoms with E-state index in [2.05, 4.69) is 0 Å². The summed E-state index contributed by atoms with van der Waals surface area (Å²) in [6.45, 7) is 6.35. The number of hydrogen-bond donors (Lipinski definition) is 0. The standard InChI is InChI=1S/C20H22O6/c1-11-7-15(23-5)19(17(9-11)25-13(3)21)20-16(24-6)8-12(2)10-18(20)26-14(4)22/h7-10H,1-6H3. The summed E-state index contributed by atoms with van der Waals surface area (Å²) in [6, 6.07) is 7.05. The van der Waals surface area contributed by atoms with E-state index in [0.717, 1.165) is 11.1 Å². The molecule has 2 rings (SSSR count). The number of methoxy groups -OCH3 is 2. The second-order valence-electron chi connectivity index (χ2n) is 5.87. The summed E-state index contributed by atoms with van der Waals surface area (Å²) in [5, 5.41) is 0. The van der Waals surface area contributed by atoms with E-state index in [-0.39, 0.29) is 0 Å². The zero-order valence-electron chi connectivity index (χ0n) is 15.8. The van der Waals surface area contributed by atoms with Gasteiger partial charge in [0.05, 0.1) is 25.3 Å². The van der Waals surface area contributed by atoms with E-state index >= 15 is 0 Å². The molecule has 0 saturated heterocycles. The van der Waals surface area contributed by atoms with Gasteiger partial charge in [0.25, 0.3) is 0 Å². The summed E-state index contributed by atoms with van der Waals surface area (Å²) in [6.07, 6.45) is 0. The molecule has 0 aromatic heterocycles. The van der Waals surface area contributed by atoms with E-state index in [9.17, 15) is 9.59 Å². The van der Waals surface area contributed by atoms with Gasteiger partial charge in [-0.1, -0.05) is 0 Å². The fourth-order valence-corrected chi connectivity index (χ4v) is 2.73. The third kappa shape index (κ3) is 4.14. The molecule has 0 fully saturated rings. The van der Waals surface area contributed by atoms with Crippen molar-refractivity contribution >= 4 is 11.9 Å². The Labute approximate surface area is 152 Å². The van der Waals surface area contributed by atoms with E-state index in [1.165, 1.54) is 28.1 Å². The first-order valence-electron chi connectivity index (χ1n) is 8.01. The summed E-state index contributed by atoms with van der Waals surface area (Å²) in [4.78, 5) is 23.2. The molecular weight excluding hydrogens is 336 g/mol. The molecule has 0 aliphatic rings. The van der Waals surface area contributed by atoms with Crippen LogP contribution in [-0.2, 0) is 9.59 Å². The molecule has 0 aliphatic carbocycles. The molecule has 6 nitrogen and oxygen atoms in total. The highest BCUT2D eigenvalue weighted by Crippen LogP contribution is 2.48. The van der Waals surface area contributed by atoms with Crippen LogP contribution in [0.1, 0.15) is 25.0 Å². The summed E-state index contributed by atoms with van der Waals surface area (Å²) >= 11 is 0. The van der Waals surface area contributed by atoms with Crippen LogP contribution in [0, 0.1) is 13.8 Å². The number of carbonyl (C=O) groups is 2. The maximum atomic E-state index is 11.6. The molecule has 2 aromatic rings. The summed E-state index contributed by atoms with van der Waals surface area (Å²) in [5.41, 5.74) is 2.65. The van der Waals surface area contributed by atoms with Crippen LogP contribution in [0.4, 0.5) is 0 Å². The van der Waals surface area contributed by atoms with Crippen molar-refractivity contribution in [3.63, 3.8) is 0 Å². The van der Waals surface area contributed by atoms with Crippen molar-refractivity contribution in [3.05, 3.63) is 35.4 Å². The van der Waals surface area contributed by atoms with Gasteiger partial charge in [0.1, 0.15) is 23.0 Å². The minimum Gasteiger partial charge on any atom is -0.496 e. The van der Waals surface area contributed by atoms with Crippen LogP contribution in [0.5, 0.6) is 23.0 Å². The van der Waals surface area contributed by atoms with Gasteiger partial charge in [0.2, 0.25) is 0 Å². The zero-order valence-corrected chi connectivity index (χ0v) is 15.8. The Morgan fingerprint density at radius 1 is 0.654 bits per heavy atom. The van der Waals surface area contributed by atoms with Gasteiger partial charge in [-0.3, -0.25) is 9.59 Å². The molecule has 0 bridgehead atoms. The molecule has 138 valence electrons. The topological polar surface area (TPSA) is 71.1 Å². The highest BCUT2D eigenvalue weighted by Gasteiger charge is 2.24. The first kappa shape index (κ1) is 19.3. The van der Waals surface area contributed by atoms with Crippen molar-refractivity contribution < 1.29 is 28.5 Å². The van der Waals surface area contributed by atoms with E-state index < -0.39 is 11.9 Å². The third-order valence-corrected chi connectivity index (χ3v) is 3.62. The predicted molar refractivity (Wildman–Crippen MR) is 97.1 cm³/mol. The molecule has 0 N–H and O–H groups in total. The van der Waals surface area contributed by atoms with Gasteiger partial charge in [-0.25, -0.2) is 0 Å². The Balaban J connectivity index is 2.89.